The zero-order valence-corrected chi connectivity index (χ0v) is 13.3. The summed E-state index contributed by atoms with van der Waals surface area (Å²) in [5.74, 6) is 0. The summed E-state index contributed by atoms with van der Waals surface area (Å²) in [6, 6.07) is 10.5. The van der Waals surface area contributed by atoms with Crippen LogP contribution in [0.3, 0.4) is 0 Å². The van der Waals surface area contributed by atoms with Crippen molar-refractivity contribution in [3.63, 3.8) is 0 Å². The molecule has 5 nitrogen and oxygen atoms in total. The lowest BCUT2D eigenvalue weighted by Crippen LogP contribution is -2.28. The van der Waals surface area contributed by atoms with Crippen molar-refractivity contribution in [2.45, 2.75) is 11.6 Å². The largest absolute Gasteiger partial charge is 0.386 e. The molecule has 0 aliphatic carbocycles. The maximum atomic E-state index is 12.6. The lowest BCUT2D eigenvalue weighted by Gasteiger charge is -2.18. The Balaban J connectivity index is 2.33. The van der Waals surface area contributed by atoms with Gasteiger partial charge in [-0.05, 0) is 23.8 Å². The zero-order chi connectivity index (χ0) is 15.5. The Morgan fingerprint density at radius 3 is 2.62 bits per heavy atom. The molecule has 0 bridgehead atoms. The van der Waals surface area contributed by atoms with Crippen molar-refractivity contribution in [1.29, 1.82) is 0 Å². The van der Waals surface area contributed by atoms with Crippen LogP contribution in [0.25, 0.3) is 0 Å². The first-order valence-corrected chi connectivity index (χ1v) is 8.11. The normalized spacial score (nSPS) is 11.6. The minimum absolute atomic E-state index is 0.00190. The summed E-state index contributed by atoms with van der Waals surface area (Å²) in [5, 5.41) is 3.38. The molecule has 0 aliphatic heterocycles. The third kappa shape index (κ3) is 3.34. The molecule has 0 aliphatic rings. The van der Waals surface area contributed by atoms with E-state index in [1.54, 1.807) is 37.4 Å². The molecule has 0 radical (unpaired) electrons. The van der Waals surface area contributed by atoms with Gasteiger partial charge in [0.05, 0.1) is 5.69 Å². The molecule has 0 fully saturated rings. The number of hydrogen-bond donors (Lipinski definition) is 1. The van der Waals surface area contributed by atoms with Gasteiger partial charge in [-0.15, -0.1) is 0 Å². The SMILES string of the molecule is CNc1cccnc1S(=O)(=O)N(C)Cc1ccccc1Cl. The molecule has 0 amide bonds. The van der Waals surface area contributed by atoms with Crippen molar-refractivity contribution in [3.05, 3.63) is 53.2 Å². The number of nitrogens with one attached hydrogen (secondary N) is 1. The number of hydrogen-bond acceptors (Lipinski definition) is 4. The standard InChI is InChI=1S/C14H16ClN3O2S/c1-16-13-8-5-9-17-14(13)21(19,20)18(2)10-11-6-3-4-7-12(11)15/h3-9,16H,10H2,1-2H3. The van der Waals surface area contributed by atoms with Gasteiger partial charge in [-0.2, -0.15) is 4.31 Å². The van der Waals surface area contributed by atoms with Crippen LogP contribution in [0.2, 0.25) is 5.02 Å². The number of nitrogens with zero attached hydrogens (tertiary/aromatic N) is 2. The molecule has 1 heterocycles. The Kier molecular flexibility index (Phi) is 4.82. The smallest absolute Gasteiger partial charge is 0.262 e. The Morgan fingerprint density at radius 1 is 1.24 bits per heavy atom. The second-order valence-corrected chi connectivity index (χ2v) is 6.83. The van der Waals surface area contributed by atoms with Crippen LogP contribution < -0.4 is 5.32 Å². The molecule has 0 unspecified atom stereocenters. The van der Waals surface area contributed by atoms with Crippen LogP contribution >= 0.6 is 11.6 Å². The zero-order valence-electron chi connectivity index (χ0n) is 11.7. The second-order valence-electron chi connectivity index (χ2n) is 4.46. The molecule has 112 valence electrons. The number of halogens is 1. The average Bonchev–Trinajstić information content (AvgIpc) is 2.49. The molecule has 0 saturated carbocycles. The van der Waals surface area contributed by atoms with E-state index in [2.05, 4.69) is 10.3 Å². The first-order valence-electron chi connectivity index (χ1n) is 6.29. The van der Waals surface area contributed by atoms with E-state index in [9.17, 15) is 8.42 Å². The summed E-state index contributed by atoms with van der Waals surface area (Å²) >= 11 is 6.07. The maximum absolute atomic E-state index is 12.6. The van der Waals surface area contributed by atoms with Crippen LogP contribution in [0.1, 0.15) is 5.56 Å². The Hall–Kier alpha value is -1.63. The fourth-order valence-corrected chi connectivity index (χ4v) is 3.33. The molecular weight excluding hydrogens is 310 g/mol. The Labute approximate surface area is 129 Å². The Bertz CT molecular complexity index is 735. The van der Waals surface area contributed by atoms with E-state index in [0.717, 1.165) is 5.56 Å². The van der Waals surface area contributed by atoms with Gasteiger partial charge in [-0.1, -0.05) is 29.8 Å². The molecular formula is C14H16ClN3O2S. The van der Waals surface area contributed by atoms with Gasteiger partial charge in [-0.25, -0.2) is 13.4 Å². The van der Waals surface area contributed by atoms with Gasteiger partial charge < -0.3 is 5.32 Å². The lowest BCUT2D eigenvalue weighted by atomic mass is 10.2. The van der Waals surface area contributed by atoms with Crippen LogP contribution in [0.4, 0.5) is 5.69 Å². The number of anilines is 1. The predicted octanol–water partition coefficient (Wildman–Crippen LogP) is 2.60. The van der Waals surface area contributed by atoms with Crippen LogP contribution in [-0.4, -0.2) is 31.8 Å². The van der Waals surface area contributed by atoms with Gasteiger partial charge in [0, 0.05) is 31.9 Å². The van der Waals surface area contributed by atoms with Crippen molar-refractivity contribution in [2.24, 2.45) is 0 Å². The molecule has 1 aromatic carbocycles. The quantitative estimate of drug-likeness (QED) is 0.918. The van der Waals surface area contributed by atoms with Crippen LogP contribution in [0.15, 0.2) is 47.6 Å². The summed E-state index contributed by atoms with van der Waals surface area (Å²) < 4.78 is 26.4. The average molecular weight is 326 g/mol. The minimum Gasteiger partial charge on any atom is -0.386 e. The van der Waals surface area contributed by atoms with E-state index in [-0.39, 0.29) is 11.6 Å². The third-order valence-corrected chi connectivity index (χ3v) is 5.18. The van der Waals surface area contributed by atoms with Crippen LogP contribution in [-0.2, 0) is 16.6 Å². The van der Waals surface area contributed by atoms with E-state index in [1.165, 1.54) is 17.5 Å². The molecule has 0 atom stereocenters. The molecule has 1 aromatic heterocycles. The maximum Gasteiger partial charge on any atom is 0.262 e. The molecule has 2 rings (SSSR count). The summed E-state index contributed by atoms with van der Waals surface area (Å²) in [7, 11) is -0.532. The van der Waals surface area contributed by atoms with Crippen molar-refractivity contribution < 1.29 is 8.42 Å². The minimum atomic E-state index is -3.70. The number of benzene rings is 1. The third-order valence-electron chi connectivity index (χ3n) is 3.05. The van der Waals surface area contributed by atoms with Gasteiger partial charge >= 0.3 is 0 Å². The fraction of sp³-hybridized carbons (Fsp3) is 0.214. The highest BCUT2D eigenvalue weighted by Crippen LogP contribution is 2.24. The predicted molar refractivity (Wildman–Crippen MR) is 83.9 cm³/mol. The van der Waals surface area contributed by atoms with Crippen molar-refractivity contribution >= 4 is 27.3 Å². The van der Waals surface area contributed by atoms with Gasteiger partial charge in [0.15, 0.2) is 5.03 Å². The van der Waals surface area contributed by atoms with Gasteiger partial charge in [0.2, 0.25) is 0 Å². The molecule has 21 heavy (non-hydrogen) atoms. The molecule has 0 spiro atoms. The van der Waals surface area contributed by atoms with Crippen molar-refractivity contribution in [1.82, 2.24) is 9.29 Å². The first kappa shape index (κ1) is 15.8. The topological polar surface area (TPSA) is 62.3 Å². The van der Waals surface area contributed by atoms with Crippen molar-refractivity contribution in [3.8, 4) is 0 Å². The molecule has 7 heteroatoms. The number of sulfonamides is 1. The summed E-state index contributed by atoms with van der Waals surface area (Å²) in [6.07, 6.45) is 1.46. The molecule has 2 aromatic rings. The van der Waals surface area contributed by atoms with Gasteiger partial charge in [-0.3, -0.25) is 0 Å². The van der Waals surface area contributed by atoms with Crippen LogP contribution in [0, 0.1) is 0 Å². The Morgan fingerprint density at radius 2 is 1.95 bits per heavy atom. The molecule has 0 saturated heterocycles. The summed E-state index contributed by atoms with van der Waals surface area (Å²) in [4.78, 5) is 3.98. The molecule has 1 N–H and O–H groups in total. The second kappa shape index (κ2) is 6.43. The number of rotatable bonds is 5. The van der Waals surface area contributed by atoms with Crippen molar-refractivity contribution in [2.75, 3.05) is 19.4 Å². The van der Waals surface area contributed by atoms with Crippen LogP contribution in [0.5, 0.6) is 0 Å². The monoisotopic (exact) mass is 325 g/mol. The van der Waals surface area contributed by atoms with E-state index < -0.39 is 10.0 Å². The highest BCUT2D eigenvalue weighted by molar-refractivity contribution is 7.89. The summed E-state index contributed by atoms with van der Waals surface area (Å²) in [5.41, 5.74) is 1.20. The van der Waals surface area contributed by atoms with E-state index in [4.69, 9.17) is 11.6 Å². The van der Waals surface area contributed by atoms with Gasteiger partial charge in [0.1, 0.15) is 0 Å². The highest BCUT2D eigenvalue weighted by Gasteiger charge is 2.25. The van der Waals surface area contributed by atoms with Gasteiger partial charge in [0.25, 0.3) is 10.0 Å². The fourth-order valence-electron chi connectivity index (χ4n) is 1.89. The van der Waals surface area contributed by atoms with E-state index in [0.29, 0.717) is 10.7 Å². The first-order chi connectivity index (χ1) is 9.96. The van der Waals surface area contributed by atoms with E-state index >= 15 is 0 Å². The number of pyridine rings is 1. The lowest BCUT2D eigenvalue weighted by molar-refractivity contribution is 0.464. The van der Waals surface area contributed by atoms with E-state index in [1.807, 2.05) is 6.07 Å². The number of aromatic nitrogens is 1. The summed E-state index contributed by atoms with van der Waals surface area (Å²) in [6.45, 7) is 0.182. The highest BCUT2D eigenvalue weighted by atomic mass is 35.5.